The fraction of sp³-hybridized carbons (Fsp3) is 0.720. The molecule has 31 heavy (non-hydrogen) atoms. The summed E-state index contributed by atoms with van der Waals surface area (Å²) in [4.78, 5) is 14.9. The molecule has 0 radical (unpaired) electrons. The van der Waals surface area contributed by atoms with E-state index < -0.39 is 0 Å². The number of aryl methyl sites for hydroxylation is 3. The van der Waals surface area contributed by atoms with Crippen LogP contribution in [0.3, 0.4) is 0 Å². The first-order chi connectivity index (χ1) is 14.6. The number of carbonyl (C=O) groups is 1. The molecule has 0 bridgehead atoms. The predicted molar refractivity (Wildman–Crippen MR) is 121 cm³/mol. The Hall–Kier alpha value is -2.11. The molecule has 6 heteroatoms. The van der Waals surface area contributed by atoms with E-state index >= 15 is 0 Å². The molecule has 1 atom stereocenters. The lowest BCUT2D eigenvalue weighted by atomic mass is 9.71. The molecule has 4 rings (SSSR count). The number of hydrogen-bond acceptors (Lipinski definition) is 4. The molecule has 2 aromatic heterocycles. The zero-order valence-electron chi connectivity index (χ0n) is 20.1. The second kappa shape index (κ2) is 8.44. The minimum atomic E-state index is 0.258. The third-order valence-corrected chi connectivity index (χ3v) is 7.77. The van der Waals surface area contributed by atoms with Crippen LogP contribution in [0.5, 0.6) is 0 Å². The summed E-state index contributed by atoms with van der Waals surface area (Å²) < 4.78 is 7.79. The molecule has 1 aliphatic carbocycles. The summed E-state index contributed by atoms with van der Waals surface area (Å²) in [6.45, 7) is 12.8. The SMILES string of the molecule is Cc1nn(C)c(C)c1CCC(=O)N1CCC(c2onc3c2C[C@@H](C(C)(C)C)CC3)CC1. The van der Waals surface area contributed by atoms with E-state index in [0.29, 0.717) is 23.7 Å². The highest BCUT2D eigenvalue weighted by atomic mass is 16.5. The van der Waals surface area contributed by atoms with Crippen LogP contribution in [0.15, 0.2) is 4.52 Å². The van der Waals surface area contributed by atoms with Crippen LogP contribution in [0.4, 0.5) is 0 Å². The number of aromatic nitrogens is 3. The van der Waals surface area contributed by atoms with Crippen LogP contribution in [0.1, 0.15) is 86.3 Å². The molecule has 0 unspecified atom stereocenters. The van der Waals surface area contributed by atoms with Gasteiger partial charge in [0.2, 0.25) is 5.91 Å². The highest BCUT2D eigenvalue weighted by Crippen LogP contribution is 2.41. The Labute approximate surface area is 186 Å². The third-order valence-electron chi connectivity index (χ3n) is 7.77. The number of hydrogen-bond donors (Lipinski definition) is 0. The molecule has 1 saturated heterocycles. The number of piperidine rings is 1. The van der Waals surface area contributed by atoms with Gasteiger partial charge in [-0.2, -0.15) is 5.10 Å². The van der Waals surface area contributed by atoms with Gasteiger partial charge in [-0.25, -0.2) is 0 Å². The Morgan fingerprint density at radius 1 is 1.16 bits per heavy atom. The van der Waals surface area contributed by atoms with Gasteiger partial charge in [0.1, 0.15) is 5.76 Å². The van der Waals surface area contributed by atoms with Crippen LogP contribution >= 0.6 is 0 Å². The minimum absolute atomic E-state index is 0.258. The van der Waals surface area contributed by atoms with Crippen LogP contribution in [0, 0.1) is 25.2 Å². The lowest BCUT2D eigenvalue weighted by molar-refractivity contribution is -0.132. The van der Waals surface area contributed by atoms with Crippen molar-refractivity contribution in [2.24, 2.45) is 18.4 Å². The number of likely N-dealkylation sites (tertiary alicyclic amines) is 1. The van der Waals surface area contributed by atoms with Crippen molar-refractivity contribution in [2.75, 3.05) is 13.1 Å². The lowest BCUT2D eigenvalue weighted by Gasteiger charge is -2.35. The molecule has 2 aliphatic rings. The van der Waals surface area contributed by atoms with Gasteiger partial charge in [-0.3, -0.25) is 9.48 Å². The van der Waals surface area contributed by atoms with E-state index in [-0.39, 0.29) is 5.91 Å². The van der Waals surface area contributed by atoms with E-state index in [0.717, 1.165) is 62.3 Å². The summed E-state index contributed by atoms with van der Waals surface area (Å²) >= 11 is 0. The largest absolute Gasteiger partial charge is 0.361 e. The second-order valence-electron chi connectivity index (χ2n) is 10.7. The van der Waals surface area contributed by atoms with Gasteiger partial charge in [-0.05, 0) is 69.3 Å². The average molecular weight is 427 g/mol. The molecule has 1 aliphatic heterocycles. The first kappa shape index (κ1) is 22.1. The zero-order valence-corrected chi connectivity index (χ0v) is 20.1. The molecule has 170 valence electrons. The number of rotatable bonds is 4. The van der Waals surface area contributed by atoms with Crippen molar-refractivity contribution >= 4 is 5.91 Å². The molecule has 0 aromatic carbocycles. The maximum Gasteiger partial charge on any atom is 0.222 e. The van der Waals surface area contributed by atoms with Gasteiger partial charge < -0.3 is 9.42 Å². The van der Waals surface area contributed by atoms with Crippen molar-refractivity contribution in [2.45, 2.75) is 85.5 Å². The van der Waals surface area contributed by atoms with E-state index in [1.807, 2.05) is 23.6 Å². The fourth-order valence-electron chi connectivity index (χ4n) is 5.45. The van der Waals surface area contributed by atoms with Crippen LogP contribution < -0.4 is 0 Å². The van der Waals surface area contributed by atoms with Gasteiger partial charge in [0, 0.05) is 43.7 Å². The zero-order chi connectivity index (χ0) is 22.3. The lowest BCUT2D eigenvalue weighted by Crippen LogP contribution is -2.38. The number of fused-ring (bicyclic) bond motifs is 1. The summed E-state index contributed by atoms with van der Waals surface area (Å²) in [5.74, 6) is 2.44. The standard InChI is InChI=1S/C25H38N4O2/c1-16-20(17(2)28(6)26-16)8-10-23(30)29-13-11-18(12-14-29)24-21-15-19(25(3,4)5)7-9-22(21)27-31-24/h18-19H,7-15H2,1-6H3/t19-/m0/s1. The van der Waals surface area contributed by atoms with E-state index in [1.54, 1.807) is 0 Å². The Kier molecular flexibility index (Phi) is 6.01. The number of nitrogens with zero attached hydrogens (tertiary/aromatic N) is 4. The molecule has 0 N–H and O–H groups in total. The van der Waals surface area contributed by atoms with E-state index in [4.69, 9.17) is 4.52 Å². The maximum absolute atomic E-state index is 12.8. The maximum atomic E-state index is 12.8. The van der Waals surface area contributed by atoms with Crippen molar-refractivity contribution < 1.29 is 9.32 Å². The highest BCUT2D eigenvalue weighted by molar-refractivity contribution is 5.76. The van der Waals surface area contributed by atoms with E-state index in [2.05, 4.69) is 38.0 Å². The Bertz CT molecular complexity index is 942. The normalized spacial score (nSPS) is 20.2. The first-order valence-electron chi connectivity index (χ1n) is 11.9. The molecule has 3 heterocycles. The predicted octanol–water partition coefficient (Wildman–Crippen LogP) is 4.51. The quantitative estimate of drug-likeness (QED) is 0.721. The van der Waals surface area contributed by atoms with Gasteiger partial charge in [0.15, 0.2) is 0 Å². The Morgan fingerprint density at radius 2 is 1.87 bits per heavy atom. The highest BCUT2D eigenvalue weighted by Gasteiger charge is 2.35. The minimum Gasteiger partial charge on any atom is -0.361 e. The molecule has 6 nitrogen and oxygen atoms in total. The van der Waals surface area contributed by atoms with Crippen molar-refractivity contribution in [3.8, 4) is 0 Å². The fourth-order valence-corrected chi connectivity index (χ4v) is 5.45. The van der Waals surface area contributed by atoms with Crippen LogP contribution in [-0.4, -0.2) is 38.8 Å². The van der Waals surface area contributed by atoms with Crippen LogP contribution in [0.2, 0.25) is 0 Å². The van der Waals surface area contributed by atoms with E-state index in [9.17, 15) is 4.79 Å². The Morgan fingerprint density at radius 3 is 2.48 bits per heavy atom. The number of carbonyl (C=O) groups excluding carboxylic acids is 1. The summed E-state index contributed by atoms with van der Waals surface area (Å²) in [7, 11) is 1.96. The summed E-state index contributed by atoms with van der Waals surface area (Å²) in [6.07, 6.45) is 6.59. The van der Waals surface area contributed by atoms with Gasteiger partial charge >= 0.3 is 0 Å². The summed E-state index contributed by atoms with van der Waals surface area (Å²) in [5.41, 5.74) is 6.28. The molecule has 1 fully saturated rings. The Balaban J connectivity index is 1.34. The van der Waals surface area contributed by atoms with E-state index in [1.165, 1.54) is 23.2 Å². The molecule has 1 amide bonds. The third kappa shape index (κ3) is 4.44. The monoisotopic (exact) mass is 426 g/mol. The average Bonchev–Trinajstić information content (AvgIpc) is 3.26. The van der Waals surface area contributed by atoms with Gasteiger partial charge in [-0.15, -0.1) is 0 Å². The molecule has 0 spiro atoms. The van der Waals surface area contributed by atoms with Crippen molar-refractivity contribution in [1.82, 2.24) is 19.8 Å². The van der Waals surface area contributed by atoms with Gasteiger partial charge in [-0.1, -0.05) is 25.9 Å². The smallest absolute Gasteiger partial charge is 0.222 e. The van der Waals surface area contributed by atoms with Crippen molar-refractivity contribution in [3.63, 3.8) is 0 Å². The van der Waals surface area contributed by atoms with Crippen molar-refractivity contribution in [1.29, 1.82) is 0 Å². The molecular weight excluding hydrogens is 388 g/mol. The summed E-state index contributed by atoms with van der Waals surface area (Å²) in [5, 5.41) is 8.89. The van der Waals surface area contributed by atoms with Crippen LogP contribution in [0.25, 0.3) is 0 Å². The number of amides is 1. The van der Waals surface area contributed by atoms with Gasteiger partial charge in [0.05, 0.1) is 11.4 Å². The molecular formula is C25H38N4O2. The first-order valence-corrected chi connectivity index (χ1v) is 11.9. The van der Waals surface area contributed by atoms with Gasteiger partial charge in [0.25, 0.3) is 0 Å². The topological polar surface area (TPSA) is 64.2 Å². The van der Waals surface area contributed by atoms with Crippen molar-refractivity contribution in [3.05, 3.63) is 34.0 Å². The molecule has 0 saturated carbocycles. The summed E-state index contributed by atoms with van der Waals surface area (Å²) in [6, 6.07) is 0. The van der Waals surface area contributed by atoms with Crippen LogP contribution in [-0.2, 0) is 31.1 Å². The second-order valence-corrected chi connectivity index (χ2v) is 10.7. The molecule has 2 aromatic rings.